The summed E-state index contributed by atoms with van der Waals surface area (Å²) in [6.07, 6.45) is 7.81. The Morgan fingerprint density at radius 3 is 2.64 bits per heavy atom. The van der Waals surface area contributed by atoms with E-state index in [2.05, 4.69) is 17.3 Å². The lowest BCUT2D eigenvalue weighted by Gasteiger charge is -2.09. The van der Waals surface area contributed by atoms with E-state index < -0.39 is 11.9 Å². The first-order valence-corrected chi connectivity index (χ1v) is 8.01. The van der Waals surface area contributed by atoms with Crippen LogP contribution in [0.2, 0.25) is 0 Å². The third kappa shape index (κ3) is 5.31. The van der Waals surface area contributed by atoms with E-state index in [1.807, 2.05) is 12.1 Å². The second kappa shape index (κ2) is 8.76. The van der Waals surface area contributed by atoms with Crippen LogP contribution in [-0.4, -0.2) is 24.7 Å². The molecular formula is C17H24N2O3. The standard InChI is InChI=1S/C17H24N2O3/c18-16(17(20)19-21)12-14-9-7-13(8-10-14)4-1-2-5-15-6-3-11-22-15/h7-10,15-16H,1-6,11-12,18H2. The SMILES string of the molecule is NC(Cc1ccc(CCCCC2CCCO2)cc1)C(=O)N=O. The molecule has 5 nitrogen and oxygen atoms in total. The molecular weight excluding hydrogens is 280 g/mol. The Bertz CT molecular complexity index is 481. The predicted octanol–water partition coefficient (Wildman–Crippen LogP) is 2.74. The Labute approximate surface area is 131 Å². The number of ether oxygens (including phenoxy) is 1. The summed E-state index contributed by atoms with van der Waals surface area (Å²) in [4.78, 5) is 21.2. The second-order valence-electron chi connectivity index (χ2n) is 5.94. The highest BCUT2D eigenvalue weighted by molar-refractivity contribution is 5.82. The quantitative estimate of drug-likeness (QED) is 0.591. The third-order valence-electron chi connectivity index (χ3n) is 4.15. The molecule has 22 heavy (non-hydrogen) atoms. The van der Waals surface area contributed by atoms with Gasteiger partial charge in [-0.1, -0.05) is 30.7 Å². The van der Waals surface area contributed by atoms with Crippen LogP contribution in [0, 0.1) is 4.91 Å². The smallest absolute Gasteiger partial charge is 0.303 e. The average Bonchev–Trinajstić information content (AvgIpc) is 3.05. The van der Waals surface area contributed by atoms with Crippen molar-refractivity contribution in [2.45, 2.75) is 57.1 Å². The van der Waals surface area contributed by atoms with Crippen molar-refractivity contribution in [2.75, 3.05) is 6.61 Å². The van der Waals surface area contributed by atoms with Crippen molar-refractivity contribution in [3.05, 3.63) is 40.3 Å². The minimum absolute atomic E-state index is 0.351. The van der Waals surface area contributed by atoms with E-state index in [0.29, 0.717) is 12.5 Å². The molecule has 1 amide bonds. The first-order valence-electron chi connectivity index (χ1n) is 8.01. The fourth-order valence-electron chi connectivity index (χ4n) is 2.82. The van der Waals surface area contributed by atoms with Crippen LogP contribution in [0.3, 0.4) is 0 Å². The van der Waals surface area contributed by atoms with Gasteiger partial charge in [0.2, 0.25) is 0 Å². The fourth-order valence-corrected chi connectivity index (χ4v) is 2.82. The molecule has 0 bridgehead atoms. The number of benzene rings is 1. The van der Waals surface area contributed by atoms with Gasteiger partial charge in [-0.3, -0.25) is 4.79 Å². The van der Waals surface area contributed by atoms with Gasteiger partial charge in [0.25, 0.3) is 0 Å². The Balaban J connectivity index is 1.69. The zero-order valence-corrected chi connectivity index (χ0v) is 12.9. The second-order valence-corrected chi connectivity index (χ2v) is 5.94. The summed E-state index contributed by atoms with van der Waals surface area (Å²) in [6.45, 7) is 0.927. The Morgan fingerprint density at radius 1 is 1.27 bits per heavy atom. The Kier molecular flexibility index (Phi) is 6.68. The van der Waals surface area contributed by atoms with Gasteiger partial charge in [0.15, 0.2) is 0 Å². The molecule has 5 heteroatoms. The molecule has 2 atom stereocenters. The maximum Gasteiger partial charge on any atom is 0.303 e. The van der Waals surface area contributed by atoms with Crippen molar-refractivity contribution in [3.63, 3.8) is 0 Å². The van der Waals surface area contributed by atoms with Crippen molar-refractivity contribution in [1.82, 2.24) is 0 Å². The number of hydrogen-bond donors (Lipinski definition) is 1. The first kappa shape index (κ1) is 16.8. The molecule has 1 heterocycles. The molecule has 0 aromatic heterocycles. The van der Waals surface area contributed by atoms with Crippen LogP contribution in [0.15, 0.2) is 29.4 Å². The minimum atomic E-state index is -0.838. The number of hydrogen-bond acceptors (Lipinski definition) is 4. The zero-order chi connectivity index (χ0) is 15.8. The highest BCUT2D eigenvalue weighted by Crippen LogP contribution is 2.18. The van der Waals surface area contributed by atoms with Crippen LogP contribution < -0.4 is 5.73 Å². The van der Waals surface area contributed by atoms with Crippen molar-refractivity contribution < 1.29 is 9.53 Å². The van der Waals surface area contributed by atoms with Crippen molar-refractivity contribution >= 4 is 5.91 Å². The highest BCUT2D eigenvalue weighted by Gasteiger charge is 2.15. The molecule has 0 radical (unpaired) electrons. The van der Waals surface area contributed by atoms with Gasteiger partial charge < -0.3 is 10.5 Å². The summed E-state index contributed by atoms with van der Waals surface area (Å²) in [5, 5.41) is 2.36. The monoisotopic (exact) mass is 304 g/mol. The van der Waals surface area contributed by atoms with Crippen molar-refractivity contribution in [3.8, 4) is 0 Å². The van der Waals surface area contributed by atoms with Gasteiger partial charge in [-0.15, -0.1) is 4.91 Å². The maximum atomic E-state index is 11.1. The molecule has 0 saturated carbocycles. The van der Waals surface area contributed by atoms with E-state index in [-0.39, 0.29) is 0 Å². The maximum absolute atomic E-state index is 11.1. The summed E-state index contributed by atoms with van der Waals surface area (Å²) in [7, 11) is 0. The van der Waals surface area contributed by atoms with Gasteiger partial charge in [-0.25, -0.2) is 0 Å². The molecule has 1 aromatic rings. The van der Waals surface area contributed by atoms with Gasteiger partial charge in [0, 0.05) is 11.8 Å². The van der Waals surface area contributed by atoms with Gasteiger partial charge in [0.1, 0.15) is 0 Å². The highest BCUT2D eigenvalue weighted by atomic mass is 16.5. The average molecular weight is 304 g/mol. The minimum Gasteiger partial charge on any atom is -0.378 e. The van der Waals surface area contributed by atoms with E-state index in [1.165, 1.54) is 24.8 Å². The number of aryl methyl sites for hydroxylation is 1. The van der Waals surface area contributed by atoms with Gasteiger partial charge in [-0.2, -0.15) is 0 Å². The number of rotatable bonds is 8. The lowest BCUT2D eigenvalue weighted by atomic mass is 10.0. The van der Waals surface area contributed by atoms with E-state index in [0.717, 1.165) is 31.4 Å². The number of nitrogens with zero attached hydrogens (tertiary/aromatic N) is 1. The number of unbranched alkanes of at least 4 members (excludes halogenated alkanes) is 1. The molecule has 1 aromatic carbocycles. The lowest BCUT2D eigenvalue weighted by Crippen LogP contribution is -2.31. The number of nitroso groups, excluding NO2 is 1. The number of nitrogens with two attached hydrogens (primary N) is 1. The molecule has 2 rings (SSSR count). The largest absolute Gasteiger partial charge is 0.378 e. The molecule has 0 spiro atoms. The van der Waals surface area contributed by atoms with Gasteiger partial charge in [-0.05, 0) is 49.7 Å². The summed E-state index contributed by atoms with van der Waals surface area (Å²) in [5.74, 6) is -0.793. The summed E-state index contributed by atoms with van der Waals surface area (Å²) in [6, 6.07) is 7.22. The number of carbonyl (C=O) groups excluding carboxylic acids is 1. The summed E-state index contributed by atoms with van der Waals surface area (Å²) < 4.78 is 5.62. The number of carbonyl (C=O) groups is 1. The summed E-state index contributed by atoms with van der Waals surface area (Å²) >= 11 is 0. The van der Waals surface area contributed by atoms with Crippen LogP contribution in [0.1, 0.15) is 43.2 Å². The van der Waals surface area contributed by atoms with E-state index in [9.17, 15) is 9.70 Å². The summed E-state index contributed by atoms with van der Waals surface area (Å²) in [5.41, 5.74) is 7.83. The lowest BCUT2D eigenvalue weighted by molar-refractivity contribution is -0.119. The zero-order valence-electron chi connectivity index (χ0n) is 12.9. The fraction of sp³-hybridized carbons (Fsp3) is 0.588. The molecule has 1 aliphatic heterocycles. The van der Waals surface area contributed by atoms with E-state index in [4.69, 9.17) is 10.5 Å². The molecule has 1 fully saturated rings. The predicted molar refractivity (Wildman–Crippen MR) is 85.5 cm³/mol. The first-order chi connectivity index (χ1) is 10.7. The molecule has 2 N–H and O–H groups in total. The van der Waals surface area contributed by atoms with Crippen molar-refractivity contribution in [1.29, 1.82) is 0 Å². The topological polar surface area (TPSA) is 81.8 Å². The molecule has 1 saturated heterocycles. The van der Waals surface area contributed by atoms with Crippen LogP contribution in [0.4, 0.5) is 0 Å². The third-order valence-corrected chi connectivity index (χ3v) is 4.15. The van der Waals surface area contributed by atoms with Crippen LogP contribution in [0.5, 0.6) is 0 Å². The van der Waals surface area contributed by atoms with Crippen LogP contribution >= 0.6 is 0 Å². The van der Waals surface area contributed by atoms with Gasteiger partial charge >= 0.3 is 5.91 Å². The molecule has 2 unspecified atom stereocenters. The normalized spacial score (nSPS) is 19.0. The van der Waals surface area contributed by atoms with Crippen LogP contribution in [0.25, 0.3) is 0 Å². The van der Waals surface area contributed by atoms with Gasteiger partial charge in [0.05, 0.1) is 12.1 Å². The van der Waals surface area contributed by atoms with Crippen molar-refractivity contribution in [2.24, 2.45) is 10.9 Å². The Hall–Kier alpha value is -1.59. The molecule has 120 valence electrons. The van der Waals surface area contributed by atoms with E-state index >= 15 is 0 Å². The Morgan fingerprint density at radius 2 is 2.00 bits per heavy atom. The molecule has 1 aliphatic rings. The van der Waals surface area contributed by atoms with E-state index in [1.54, 1.807) is 0 Å². The number of amides is 1. The van der Waals surface area contributed by atoms with Crippen LogP contribution in [-0.2, 0) is 22.4 Å². The molecule has 0 aliphatic carbocycles.